The van der Waals surface area contributed by atoms with E-state index in [2.05, 4.69) is 22.8 Å². The zero-order valence-electron chi connectivity index (χ0n) is 13.2. The van der Waals surface area contributed by atoms with Crippen molar-refractivity contribution >= 4 is 11.7 Å². The number of benzene rings is 2. The molecule has 0 fully saturated rings. The smallest absolute Gasteiger partial charge is 0.403 e. The number of nitrogens with zero attached hydrogens (tertiary/aromatic N) is 1. The summed E-state index contributed by atoms with van der Waals surface area (Å²) < 4.78 is 7.42. The average molecular weight is 374 g/mol. The molecule has 0 spiro atoms. The van der Waals surface area contributed by atoms with Crippen LogP contribution in [0, 0.1) is 0 Å². The number of hydrogen-bond acceptors (Lipinski definition) is 2. The van der Waals surface area contributed by atoms with E-state index in [1.165, 1.54) is 11.1 Å². The predicted molar refractivity (Wildman–Crippen MR) is 86.2 cm³/mol. The van der Waals surface area contributed by atoms with Gasteiger partial charge < -0.3 is 21.7 Å². The first kappa shape index (κ1) is 17.4. The number of halogens is 1. The van der Waals surface area contributed by atoms with Gasteiger partial charge in [0.15, 0.2) is 6.54 Å². The second kappa shape index (κ2) is 8.06. The summed E-state index contributed by atoms with van der Waals surface area (Å²) in [4.78, 5) is 12.5. The van der Waals surface area contributed by atoms with Crippen molar-refractivity contribution in [2.24, 2.45) is 0 Å². The fourth-order valence-corrected chi connectivity index (χ4v) is 2.91. The summed E-state index contributed by atoms with van der Waals surface area (Å²) >= 11 is 0. The minimum absolute atomic E-state index is 0. The molecular weight excluding hydrogens is 354 g/mol. The summed E-state index contributed by atoms with van der Waals surface area (Å²) in [6.07, 6.45) is 0.950. The molecule has 1 heterocycles. The van der Waals surface area contributed by atoms with E-state index in [-0.39, 0.29) is 23.0 Å². The number of esters is 1. The van der Waals surface area contributed by atoms with Crippen molar-refractivity contribution in [1.82, 2.24) is 0 Å². The minimum atomic E-state index is -0.231. The van der Waals surface area contributed by atoms with Crippen molar-refractivity contribution < 1.29 is 31.1 Å². The molecule has 3 rings (SSSR count). The van der Waals surface area contributed by atoms with Gasteiger partial charge in [0.25, 0.3) is 5.71 Å². The molecule has 23 heavy (non-hydrogen) atoms. The summed E-state index contributed by atoms with van der Waals surface area (Å²) in [5.74, 6) is -0.231. The van der Waals surface area contributed by atoms with Gasteiger partial charge in [0.05, 0.1) is 12.2 Å². The molecule has 0 atom stereocenters. The summed E-state index contributed by atoms with van der Waals surface area (Å²) in [6, 6.07) is 18.3. The summed E-state index contributed by atoms with van der Waals surface area (Å²) in [7, 11) is 0. The maximum Gasteiger partial charge on any atom is 0.403 e. The molecule has 0 unspecified atom stereocenters. The number of ether oxygens (including phenoxy) is 1. The monoisotopic (exact) mass is 373 g/mol. The number of rotatable bonds is 4. The van der Waals surface area contributed by atoms with Crippen LogP contribution in [0.3, 0.4) is 0 Å². The molecule has 2 aromatic rings. The topological polar surface area (TPSA) is 29.3 Å². The SMILES string of the molecule is CCOC(=O)C1=[N+](Cc2ccccc2)CCc2ccccc21.[Br-]. The molecule has 4 heteroatoms. The molecule has 0 radical (unpaired) electrons. The number of carbonyl (C=O) groups is 1. The largest absolute Gasteiger partial charge is 1.00 e. The molecule has 120 valence electrons. The second-order valence-corrected chi connectivity index (χ2v) is 5.38. The third-order valence-corrected chi connectivity index (χ3v) is 3.92. The Labute approximate surface area is 147 Å². The molecule has 1 aliphatic heterocycles. The molecule has 2 aromatic carbocycles. The highest BCUT2D eigenvalue weighted by Crippen LogP contribution is 2.18. The summed E-state index contributed by atoms with van der Waals surface area (Å²) in [5.41, 5.74) is 4.11. The van der Waals surface area contributed by atoms with E-state index >= 15 is 0 Å². The van der Waals surface area contributed by atoms with Crippen LogP contribution in [0.4, 0.5) is 0 Å². The van der Waals surface area contributed by atoms with Gasteiger partial charge in [-0.1, -0.05) is 48.5 Å². The summed E-state index contributed by atoms with van der Waals surface area (Å²) in [5, 5.41) is 0. The minimum Gasteiger partial charge on any atom is -1.00 e. The normalized spacial score (nSPS) is 13.1. The van der Waals surface area contributed by atoms with E-state index in [1.807, 2.05) is 43.3 Å². The van der Waals surface area contributed by atoms with E-state index in [9.17, 15) is 4.79 Å². The number of carbonyl (C=O) groups excluding carboxylic acids is 1. The van der Waals surface area contributed by atoms with Crippen molar-refractivity contribution in [2.75, 3.05) is 13.2 Å². The van der Waals surface area contributed by atoms with E-state index in [0.717, 1.165) is 25.1 Å². The second-order valence-electron chi connectivity index (χ2n) is 5.38. The lowest BCUT2D eigenvalue weighted by Crippen LogP contribution is -3.00. The quantitative estimate of drug-likeness (QED) is 0.549. The average Bonchev–Trinajstić information content (AvgIpc) is 2.55. The van der Waals surface area contributed by atoms with Gasteiger partial charge in [0.2, 0.25) is 0 Å². The third kappa shape index (κ3) is 3.88. The molecule has 0 N–H and O–H groups in total. The Morgan fingerprint density at radius 1 is 1.09 bits per heavy atom. The van der Waals surface area contributed by atoms with Gasteiger partial charge in [-0.2, -0.15) is 0 Å². The van der Waals surface area contributed by atoms with E-state index < -0.39 is 0 Å². The Kier molecular flexibility index (Phi) is 6.11. The van der Waals surface area contributed by atoms with Gasteiger partial charge in [0.1, 0.15) is 6.54 Å². The fourth-order valence-electron chi connectivity index (χ4n) is 2.91. The van der Waals surface area contributed by atoms with Gasteiger partial charge in [0, 0.05) is 12.0 Å². The lowest BCUT2D eigenvalue weighted by atomic mass is 9.96. The molecule has 0 saturated heterocycles. The van der Waals surface area contributed by atoms with Crippen LogP contribution in [0.15, 0.2) is 54.6 Å². The Balaban J connectivity index is 0.00000192. The molecule has 1 aliphatic rings. The van der Waals surface area contributed by atoms with Crippen LogP contribution >= 0.6 is 0 Å². The van der Waals surface area contributed by atoms with Crippen LogP contribution in [0.25, 0.3) is 0 Å². The van der Waals surface area contributed by atoms with Gasteiger partial charge in [-0.05, 0) is 18.6 Å². The van der Waals surface area contributed by atoms with Gasteiger partial charge in [-0.3, -0.25) is 0 Å². The Morgan fingerprint density at radius 3 is 2.52 bits per heavy atom. The molecule has 0 aromatic heterocycles. The van der Waals surface area contributed by atoms with Crippen molar-refractivity contribution in [1.29, 1.82) is 0 Å². The Bertz CT molecular complexity index is 710. The molecule has 0 aliphatic carbocycles. The van der Waals surface area contributed by atoms with Gasteiger partial charge in [-0.25, -0.2) is 9.37 Å². The van der Waals surface area contributed by atoms with Crippen LogP contribution in [0.5, 0.6) is 0 Å². The molecule has 3 nitrogen and oxygen atoms in total. The Hall–Kier alpha value is -1.94. The van der Waals surface area contributed by atoms with Crippen LogP contribution in [-0.2, 0) is 22.5 Å². The highest BCUT2D eigenvalue weighted by molar-refractivity contribution is 6.41. The molecule has 0 bridgehead atoms. The first-order valence-corrected chi connectivity index (χ1v) is 7.71. The van der Waals surface area contributed by atoms with Gasteiger partial charge in [-0.15, -0.1) is 0 Å². The van der Waals surface area contributed by atoms with Crippen LogP contribution in [0.2, 0.25) is 0 Å². The van der Waals surface area contributed by atoms with Crippen molar-refractivity contribution in [3.05, 3.63) is 71.3 Å². The standard InChI is InChI=1S/C19H20NO2.BrH/c1-2-22-19(21)18-17-11-7-6-10-16(17)12-13-20(18)14-15-8-4-3-5-9-15;/h3-11H,2,12-14H2,1H3;1H/q+1;/p-1. The third-order valence-electron chi connectivity index (χ3n) is 3.92. The summed E-state index contributed by atoms with van der Waals surface area (Å²) in [6.45, 7) is 3.79. The van der Waals surface area contributed by atoms with Crippen LogP contribution in [-0.4, -0.2) is 29.4 Å². The van der Waals surface area contributed by atoms with Crippen LogP contribution < -0.4 is 17.0 Å². The lowest BCUT2D eigenvalue weighted by molar-refractivity contribution is -0.544. The fraction of sp³-hybridized carbons (Fsp3) is 0.263. The van der Waals surface area contributed by atoms with Gasteiger partial charge >= 0.3 is 5.97 Å². The molecule has 0 amide bonds. The van der Waals surface area contributed by atoms with E-state index in [0.29, 0.717) is 12.3 Å². The van der Waals surface area contributed by atoms with Crippen molar-refractivity contribution in [3.63, 3.8) is 0 Å². The first-order chi connectivity index (χ1) is 10.8. The number of fused-ring (bicyclic) bond motifs is 1. The maximum atomic E-state index is 12.5. The lowest BCUT2D eigenvalue weighted by Gasteiger charge is -2.17. The van der Waals surface area contributed by atoms with Crippen LogP contribution in [0.1, 0.15) is 23.6 Å². The number of hydrogen-bond donors (Lipinski definition) is 0. The highest BCUT2D eigenvalue weighted by Gasteiger charge is 2.32. The maximum absolute atomic E-state index is 12.5. The van der Waals surface area contributed by atoms with Crippen molar-refractivity contribution in [2.45, 2.75) is 19.9 Å². The van der Waals surface area contributed by atoms with Crippen molar-refractivity contribution in [3.8, 4) is 0 Å². The first-order valence-electron chi connectivity index (χ1n) is 7.71. The van der Waals surface area contributed by atoms with E-state index in [4.69, 9.17) is 4.74 Å². The molecule has 0 saturated carbocycles. The zero-order valence-corrected chi connectivity index (χ0v) is 14.8. The molecular formula is C19H20BrNO2. The zero-order chi connectivity index (χ0) is 15.4. The Morgan fingerprint density at radius 2 is 1.78 bits per heavy atom. The van der Waals surface area contributed by atoms with E-state index in [1.54, 1.807) is 0 Å². The predicted octanol–water partition coefficient (Wildman–Crippen LogP) is -0.188. The highest BCUT2D eigenvalue weighted by atomic mass is 79.9.